The smallest absolute Gasteiger partial charge is 0.294 e. The number of Topliss-reactive ketones (excluding diaryl/α,β-unsaturated/α-hetero) is 1. The van der Waals surface area contributed by atoms with Crippen LogP contribution >= 0.6 is 0 Å². The van der Waals surface area contributed by atoms with Crippen molar-refractivity contribution in [2.24, 2.45) is 0 Å². The minimum Gasteiger partial charge on any atom is -0.294 e. The first-order valence-corrected chi connectivity index (χ1v) is 9.67. The molecule has 1 atom stereocenters. The SMILES string of the molecule is CC(=O)c1cc(C2c3ccc4cccnc4c3NS(=O)(=O)N2C)ccc1F. The molecule has 1 aliphatic rings. The first-order valence-electron chi connectivity index (χ1n) is 8.23. The monoisotopic (exact) mass is 385 g/mol. The molecule has 0 saturated carbocycles. The number of benzene rings is 2. The molecule has 2 heterocycles. The molecular formula is C19H16FN3O3S. The van der Waals surface area contributed by atoms with Gasteiger partial charge in [0.15, 0.2) is 5.78 Å². The number of fused-ring (bicyclic) bond motifs is 3. The van der Waals surface area contributed by atoms with Crippen LogP contribution in [0, 0.1) is 5.82 Å². The number of carbonyl (C=O) groups is 1. The summed E-state index contributed by atoms with van der Waals surface area (Å²) >= 11 is 0. The van der Waals surface area contributed by atoms with Crippen molar-refractivity contribution in [2.75, 3.05) is 11.8 Å². The molecule has 2 aromatic carbocycles. The lowest BCUT2D eigenvalue weighted by atomic mass is 9.94. The van der Waals surface area contributed by atoms with Crippen molar-refractivity contribution in [2.45, 2.75) is 13.0 Å². The number of ketones is 1. The van der Waals surface area contributed by atoms with Crippen molar-refractivity contribution >= 4 is 32.6 Å². The highest BCUT2D eigenvalue weighted by atomic mass is 32.2. The van der Waals surface area contributed by atoms with Crippen LogP contribution in [0.1, 0.15) is 34.5 Å². The molecule has 3 aromatic rings. The predicted octanol–water partition coefficient (Wildman–Crippen LogP) is 3.27. The summed E-state index contributed by atoms with van der Waals surface area (Å²) in [6.07, 6.45) is 1.59. The number of hydrogen-bond donors (Lipinski definition) is 1. The van der Waals surface area contributed by atoms with Crippen molar-refractivity contribution in [3.8, 4) is 0 Å². The minimum absolute atomic E-state index is 0.0719. The normalized spacial score (nSPS) is 18.7. The van der Waals surface area contributed by atoms with E-state index in [9.17, 15) is 17.6 Å². The number of nitrogens with zero attached hydrogens (tertiary/aromatic N) is 2. The Labute approximate surface area is 155 Å². The third-order valence-electron chi connectivity index (χ3n) is 4.76. The Morgan fingerprint density at radius 1 is 1.22 bits per heavy atom. The second-order valence-electron chi connectivity index (χ2n) is 6.43. The Morgan fingerprint density at radius 2 is 2.00 bits per heavy atom. The molecule has 0 fully saturated rings. The maximum absolute atomic E-state index is 14.0. The lowest BCUT2D eigenvalue weighted by Crippen LogP contribution is -2.40. The molecule has 1 aromatic heterocycles. The molecule has 0 saturated heterocycles. The van der Waals surface area contributed by atoms with E-state index in [1.807, 2.05) is 18.2 Å². The Kier molecular flexibility index (Phi) is 3.97. The average Bonchev–Trinajstić information content (AvgIpc) is 2.63. The van der Waals surface area contributed by atoms with Crippen LogP contribution < -0.4 is 4.72 Å². The van der Waals surface area contributed by atoms with Crippen molar-refractivity contribution in [3.05, 3.63) is 71.2 Å². The zero-order chi connectivity index (χ0) is 19.3. The second kappa shape index (κ2) is 6.11. The molecule has 4 rings (SSSR count). The first-order chi connectivity index (χ1) is 12.8. The standard InChI is InChI=1S/C19H16FN3O3S/c1-11(24)15-10-13(6-8-16(15)20)19-14-7-5-12-4-3-9-21-17(12)18(14)22-27(25,26)23(19)2/h3-10,19,22H,1-2H3. The van der Waals surface area contributed by atoms with Gasteiger partial charge in [0.2, 0.25) is 0 Å². The fourth-order valence-corrected chi connectivity index (χ4v) is 4.53. The molecule has 1 N–H and O–H groups in total. The van der Waals surface area contributed by atoms with E-state index in [1.165, 1.54) is 36.5 Å². The van der Waals surface area contributed by atoms with Crippen molar-refractivity contribution < 1.29 is 17.6 Å². The lowest BCUT2D eigenvalue weighted by Gasteiger charge is -2.35. The van der Waals surface area contributed by atoms with E-state index in [2.05, 4.69) is 9.71 Å². The molecule has 0 spiro atoms. The topological polar surface area (TPSA) is 79.4 Å². The molecular weight excluding hydrogens is 369 g/mol. The summed E-state index contributed by atoms with van der Waals surface area (Å²) in [7, 11) is -2.40. The number of rotatable bonds is 2. The summed E-state index contributed by atoms with van der Waals surface area (Å²) in [5.41, 5.74) is 2.04. The Bertz CT molecular complexity index is 1190. The van der Waals surface area contributed by atoms with Gasteiger partial charge in [0.1, 0.15) is 5.82 Å². The maximum Gasteiger partial charge on any atom is 0.302 e. The maximum atomic E-state index is 14.0. The predicted molar refractivity (Wildman–Crippen MR) is 100 cm³/mol. The molecule has 6 nitrogen and oxygen atoms in total. The highest BCUT2D eigenvalue weighted by Gasteiger charge is 2.37. The molecule has 0 amide bonds. The van der Waals surface area contributed by atoms with Gasteiger partial charge in [0, 0.05) is 24.2 Å². The largest absolute Gasteiger partial charge is 0.302 e. The van der Waals surface area contributed by atoms with E-state index in [0.29, 0.717) is 22.3 Å². The number of pyridine rings is 1. The summed E-state index contributed by atoms with van der Waals surface area (Å²) < 4.78 is 43.1. The van der Waals surface area contributed by atoms with Gasteiger partial charge in [-0.3, -0.25) is 14.5 Å². The number of nitrogens with one attached hydrogen (secondary N) is 1. The van der Waals surface area contributed by atoms with E-state index < -0.39 is 27.9 Å². The van der Waals surface area contributed by atoms with Crippen LogP contribution in [-0.4, -0.2) is 30.5 Å². The van der Waals surface area contributed by atoms with Gasteiger partial charge >= 0.3 is 10.2 Å². The highest BCUT2D eigenvalue weighted by Crippen LogP contribution is 2.42. The summed E-state index contributed by atoms with van der Waals surface area (Å²) in [5.74, 6) is -1.06. The third kappa shape index (κ3) is 2.77. The fourth-order valence-electron chi connectivity index (χ4n) is 3.40. The zero-order valence-corrected chi connectivity index (χ0v) is 15.4. The van der Waals surface area contributed by atoms with Gasteiger partial charge in [0.25, 0.3) is 0 Å². The second-order valence-corrected chi connectivity index (χ2v) is 8.16. The van der Waals surface area contributed by atoms with Crippen LogP contribution in [0.5, 0.6) is 0 Å². The van der Waals surface area contributed by atoms with Gasteiger partial charge in [-0.05, 0) is 30.7 Å². The van der Waals surface area contributed by atoms with Crippen LogP contribution in [0.4, 0.5) is 10.1 Å². The Morgan fingerprint density at radius 3 is 2.74 bits per heavy atom. The van der Waals surface area contributed by atoms with E-state index in [0.717, 1.165) is 5.39 Å². The van der Waals surface area contributed by atoms with E-state index >= 15 is 0 Å². The van der Waals surface area contributed by atoms with Crippen LogP contribution in [0.2, 0.25) is 0 Å². The van der Waals surface area contributed by atoms with Crippen LogP contribution in [-0.2, 0) is 10.2 Å². The number of hydrogen-bond acceptors (Lipinski definition) is 4. The molecule has 27 heavy (non-hydrogen) atoms. The Balaban J connectivity index is 2.00. The molecule has 8 heteroatoms. The molecule has 138 valence electrons. The summed E-state index contributed by atoms with van der Waals surface area (Å²) in [6, 6.07) is 10.7. The fraction of sp³-hybridized carbons (Fsp3) is 0.158. The van der Waals surface area contributed by atoms with E-state index in [4.69, 9.17) is 0 Å². The van der Waals surface area contributed by atoms with Crippen molar-refractivity contribution in [3.63, 3.8) is 0 Å². The number of anilines is 1. The van der Waals surface area contributed by atoms with Crippen molar-refractivity contribution in [1.29, 1.82) is 0 Å². The van der Waals surface area contributed by atoms with Gasteiger partial charge in [0.05, 0.1) is 22.8 Å². The van der Waals surface area contributed by atoms with E-state index in [-0.39, 0.29) is 5.56 Å². The highest BCUT2D eigenvalue weighted by molar-refractivity contribution is 7.90. The summed E-state index contributed by atoms with van der Waals surface area (Å²) in [5, 5.41) is 0.797. The molecule has 0 radical (unpaired) electrons. The molecule has 1 unspecified atom stereocenters. The van der Waals surface area contributed by atoms with Crippen LogP contribution in [0.15, 0.2) is 48.7 Å². The Hall–Kier alpha value is -2.84. The number of aromatic nitrogens is 1. The zero-order valence-electron chi connectivity index (χ0n) is 14.6. The number of carbonyl (C=O) groups excluding carboxylic acids is 1. The summed E-state index contributed by atoms with van der Waals surface area (Å²) in [4.78, 5) is 16.0. The van der Waals surface area contributed by atoms with Gasteiger partial charge in [-0.25, -0.2) is 4.39 Å². The number of halogens is 1. The third-order valence-corrected chi connectivity index (χ3v) is 6.19. The van der Waals surface area contributed by atoms with Gasteiger partial charge < -0.3 is 0 Å². The van der Waals surface area contributed by atoms with Gasteiger partial charge in [-0.15, -0.1) is 0 Å². The molecule has 0 bridgehead atoms. The molecule has 1 aliphatic heterocycles. The van der Waals surface area contributed by atoms with Gasteiger partial charge in [-0.1, -0.05) is 24.3 Å². The van der Waals surface area contributed by atoms with Crippen molar-refractivity contribution in [1.82, 2.24) is 9.29 Å². The minimum atomic E-state index is -3.84. The molecule has 0 aliphatic carbocycles. The van der Waals surface area contributed by atoms with E-state index in [1.54, 1.807) is 12.3 Å². The lowest BCUT2D eigenvalue weighted by molar-refractivity contribution is 0.101. The first kappa shape index (κ1) is 17.6. The van der Waals surface area contributed by atoms with Crippen LogP contribution in [0.25, 0.3) is 10.9 Å². The van der Waals surface area contributed by atoms with Crippen LogP contribution in [0.3, 0.4) is 0 Å². The quantitative estimate of drug-likeness (QED) is 0.687. The summed E-state index contributed by atoms with van der Waals surface area (Å²) in [6.45, 7) is 1.27. The van der Waals surface area contributed by atoms with Gasteiger partial charge in [-0.2, -0.15) is 12.7 Å². The average molecular weight is 385 g/mol.